The molecule has 0 aromatic carbocycles. The van der Waals surface area contributed by atoms with Crippen LogP contribution < -0.4 is 0 Å². The predicted octanol–water partition coefficient (Wildman–Crippen LogP) is 0.940. The number of ether oxygens (including phenoxy) is 1. The quantitative estimate of drug-likeness (QED) is 0.707. The predicted molar refractivity (Wildman–Crippen MR) is 64.5 cm³/mol. The molecule has 0 bridgehead atoms. The number of esters is 1. The monoisotopic (exact) mass is 314 g/mol. The minimum Gasteiger partial charge on any atom is -0.480 e. The van der Waals surface area contributed by atoms with Gasteiger partial charge in [-0.3, -0.25) is 9.59 Å². The summed E-state index contributed by atoms with van der Waals surface area (Å²) in [5, 5.41) is 8.55. The number of carboxylic acids is 1. The number of alkyl halides is 3. The molecule has 0 spiro atoms. The number of rotatable bonds is 7. The zero-order valence-electron chi connectivity index (χ0n) is 11.6. The molecule has 0 atom stereocenters. The van der Waals surface area contributed by atoms with Crippen molar-refractivity contribution in [2.75, 3.05) is 33.8 Å². The normalized spacial score (nSPS) is 10.9. The summed E-state index contributed by atoms with van der Waals surface area (Å²) in [6, 6.07) is -1.07. The van der Waals surface area contributed by atoms with Crippen LogP contribution in [0.15, 0.2) is 0 Å². The van der Waals surface area contributed by atoms with Crippen molar-refractivity contribution in [3.63, 3.8) is 0 Å². The Morgan fingerprint density at radius 2 is 1.81 bits per heavy atom. The van der Waals surface area contributed by atoms with Gasteiger partial charge in [-0.1, -0.05) is 0 Å². The molecule has 0 aromatic heterocycles. The summed E-state index contributed by atoms with van der Waals surface area (Å²) in [5.41, 5.74) is 0. The number of carbonyl (C=O) groups excluding carboxylic acids is 2. The van der Waals surface area contributed by atoms with E-state index in [1.807, 2.05) is 0 Å². The molecule has 0 saturated carbocycles. The molecule has 0 saturated heterocycles. The van der Waals surface area contributed by atoms with E-state index in [1.165, 1.54) is 14.2 Å². The number of hydrogen-bond acceptors (Lipinski definition) is 4. The van der Waals surface area contributed by atoms with Gasteiger partial charge in [0, 0.05) is 20.0 Å². The van der Waals surface area contributed by atoms with Crippen molar-refractivity contribution >= 4 is 18.0 Å². The molecule has 0 radical (unpaired) electrons. The molecule has 0 rings (SSSR count). The third-order valence-corrected chi connectivity index (χ3v) is 2.40. The van der Waals surface area contributed by atoms with Crippen LogP contribution in [0.25, 0.3) is 0 Å². The fourth-order valence-electron chi connectivity index (χ4n) is 1.47. The van der Waals surface area contributed by atoms with Crippen molar-refractivity contribution in [1.29, 1.82) is 0 Å². The third-order valence-electron chi connectivity index (χ3n) is 2.40. The van der Waals surface area contributed by atoms with Crippen molar-refractivity contribution < 1.29 is 37.4 Å². The molecule has 0 aromatic rings. The maximum absolute atomic E-state index is 12.3. The van der Waals surface area contributed by atoms with Gasteiger partial charge < -0.3 is 19.6 Å². The van der Waals surface area contributed by atoms with E-state index in [2.05, 4.69) is 4.74 Å². The van der Waals surface area contributed by atoms with Crippen LogP contribution in [-0.2, 0) is 14.3 Å². The zero-order chi connectivity index (χ0) is 16.6. The molecule has 0 aliphatic carbocycles. The molecule has 0 heterocycles. The number of methoxy groups -OCH3 is 1. The van der Waals surface area contributed by atoms with E-state index in [-0.39, 0.29) is 24.3 Å². The summed E-state index contributed by atoms with van der Waals surface area (Å²) in [5.74, 6) is -2.05. The van der Waals surface area contributed by atoms with Gasteiger partial charge in [-0.25, -0.2) is 4.79 Å². The van der Waals surface area contributed by atoms with E-state index < -0.39 is 37.2 Å². The maximum atomic E-state index is 12.3. The number of hydrogen-bond donors (Lipinski definition) is 1. The first-order valence-electron chi connectivity index (χ1n) is 5.92. The minimum atomic E-state index is -4.70. The lowest BCUT2D eigenvalue weighted by Gasteiger charge is -2.27. The number of carboxylic acid groups (broad SMARTS) is 1. The second kappa shape index (κ2) is 8.32. The number of aliphatic carboxylic acids is 1. The molecule has 0 fully saturated rings. The van der Waals surface area contributed by atoms with Crippen molar-refractivity contribution in [1.82, 2.24) is 9.80 Å². The molecule has 1 N–H and O–H groups in total. The van der Waals surface area contributed by atoms with Gasteiger partial charge in [-0.15, -0.1) is 0 Å². The Morgan fingerprint density at radius 1 is 1.24 bits per heavy atom. The van der Waals surface area contributed by atoms with Gasteiger partial charge in [0.15, 0.2) is 0 Å². The average Bonchev–Trinajstić information content (AvgIpc) is 2.34. The van der Waals surface area contributed by atoms with Gasteiger partial charge in [0.2, 0.25) is 0 Å². The molecule has 122 valence electrons. The second-order valence-electron chi connectivity index (χ2n) is 4.25. The first-order valence-corrected chi connectivity index (χ1v) is 5.92. The fraction of sp³-hybridized carbons (Fsp3) is 0.727. The summed E-state index contributed by atoms with van der Waals surface area (Å²) in [4.78, 5) is 34.3. The highest BCUT2D eigenvalue weighted by Gasteiger charge is 2.35. The minimum absolute atomic E-state index is 0.00189. The number of nitrogens with zero attached hydrogens (tertiary/aromatic N) is 2. The molecule has 2 amide bonds. The van der Waals surface area contributed by atoms with E-state index in [4.69, 9.17) is 5.11 Å². The molecule has 0 aliphatic heterocycles. The smallest absolute Gasteiger partial charge is 0.406 e. The van der Waals surface area contributed by atoms with Crippen molar-refractivity contribution in [3.05, 3.63) is 0 Å². The van der Waals surface area contributed by atoms with Crippen LogP contribution >= 0.6 is 0 Å². The van der Waals surface area contributed by atoms with E-state index in [9.17, 15) is 27.6 Å². The Hall–Kier alpha value is -2.00. The third kappa shape index (κ3) is 8.71. The molecule has 10 heteroatoms. The average molecular weight is 314 g/mol. The van der Waals surface area contributed by atoms with Gasteiger partial charge in [0.1, 0.15) is 13.1 Å². The Balaban J connectivity index is 4.56. The molecule has 0 unspecified atom stereocenters. The second-order valence-corrected chi connectivity index (χ2v) is 4.25. The van der Waals surface area contributed by atoms with Crippen LogP contribution in [0.3, 0.4) is 0 Å². The molecule has 0 aliphatic rings. The van der Waals surface area contributed by atoms with Crippen LogP contribution in [0.2, 0.25) is 0 Å². The Bertz CT molecular complexity index is 387. The topological polar surface area (TPSA) is 87.2 Å². The summed E-state index contributed by atoms with van der Waals surface area (Å²) >= 11 is 0. The Morgan fingerprint density at radius 3 is 2.24 bits per heavy atom. The molecule has 7 nitrogen and oxygen atoms in total. The van der Waals surface area contributed by atoms with Crippen molar-refractivity contribution in [2.45, 2.75) is 19.0 Å². The SMILES string of the molecule is COC(=O)CCCN(C)C(=O)N(CC(=O)O)CC(F)(F)F. The zero-order valence-corrected chi connectivity index (χ0v) is 11.6. The molecular weight excluding hydrogens is 297 g/mol. The largest absolute Gasteiger partial charge is 0.480 e. The number of halogens is 3. The van der Waals surface area contributed by atoms with E-state index >= 15 is 0 Å². The van der Waals surface area contributed by atoms with Crippen LogP contribution in [0.1, 0.15) is 12.8 Å². The van der Waals surface area contributed by atoms with Crippen LogP contribution in [0, 0.1) is 0 Å². The summed E-state index contributed by atoms with van der Waals surface area (Å²) in [6.45, 7) is -2.71. The van der Waals surface area contributed by atoms with E-state index in [0.717, 1.165) is 4.90 Å². The van der Waals surface area contributed by atoms with Gasteiger partial charge in [0.25, 0.3) is 0 Å². The van der Waals surface area contributed by atoms with E-state index in [1.54, 1.807) is 0 Å². The lowest BCUT2D eigenvalue weighted by atomic mass is 10.3. The standard InChI is InChI=1S/C11H17F3N2O5/c1-15(5-3-4-9(19)21-2)10(20)16(6-8(17)18)7-11(12,13)14/h3-7H2,1-2H3,(H,17,18). The van der Waals surface area contributed by atoms with Crippen molar-refractivity contribution in [3.8, 4) is 0 Å². The first-order chi connectivity index (χ1) is 9.56. The highest BCUT2D eigenvalue weighted by Crippen LogP contribution is 2.17. The van der Waals surface area contributed by atoms with Gasteiger partial charge in [0.05, 0.1) is 7.11 Å². The summed E-state index contributed by atoms with van der Waals surface area (Å²) in [7, 11) is 2.42. The van der Waals surface area contributed by atoms with E-state index in [0.29, 0.717) is 0 Å². The van der Waals surface area contributed by atoms with Gasteiger partial charge in [-0.05, 0) is 6.42 Å². The summed E-state index contributed by atoms with van der Waals surface area (Å²) < 4.78 is 41.3. The van der Waals surface area contributed by atoms with Crippen LogP contribution in [0.5, 0.6) is 0 Å². The lowest BCUT2D eigenvalue weighted by molar-refractivity contribution is -0.149. The fourth-order valence-corrected chi connectivity index (χ4v) is 1.47. The van der Waals surface area contributed by atoms with Crippen LogP contribution in [-0.4, -0.2) is 72.8 Å². The Kier molecular flexibility index (Phi) is 7.53. The van der Waals surface area contributed by atoms with Crippen LogP contribution in [0.4, 0.5) is 18.0 Å². The number of urea groups is 1. The van der Waals surface area contributed by atoms with Gasteiger partial charge in [-0.2, -0.15) is 13.2 Å². The van der Waals surface area contributed by atoms with Gasteiger partial charge >= 0.3 is 24.1 Å². The van der Waals surface area contributed by atoms with Crippen molar-refractivity contribution in [2.24, 2.45) is 0 Å². The number of carbonyl (C=O) groups is 3. The molecule has 21 heavy (non-hydrogen) atoms. The highest BCUT2D eigenvalue weighted by molar-refractivity contribution is 5.80. The summed E-state index contributed by atoms with van der Waals surface area (Å²) in [6.07, 6.45) is -4.49. The molecular formula is C11H17F3N2O5. The number of amides is 2. The maximum Gasteiger partial charge on any atom is 0.406 e. The first kappa shape index (κ1) is 19.0. The Labute approximate surface area is 119 Å². The lowest BCUT2D eigenvalue weighted by Crippen LogP contribution is -2.47. The highest BCUT2D eigenvalue weighted by atomic mass is 19.4.